The van der Waals surface area contributed by atoms with Gasteiger partial charge in [-0.05, 0) is 51.2 Å². The van der Waals surface area contributed by atoms with Gasteiger partial charge in [-0.25, -0.2) is 4.98 Å². The molecule has 1 saturated carbocycles. The lowest BCUT2D eigenvalue weighted by Crippen LogP contribution is -2.53. The number of nitrogens with zero attached hydrogens (tertiary/aromatic N) is 1. The van der Waals surface area contributed by atoms with E-state index in [1.54, 1.807) is 0 Å². The van der Waals surface area contributed by atoms with E-state index in [1.807, 2.05) is 6.20 Å². The Morgan fingerprint density at radius 3 is 2.58 bits per heavy atom. The molecule has 0 saturated heterocycles. The summed E-state index contributed by atoms with van der Waals surface area (Å²) in [6, 6.07) is 4.70. The van der Waals surface area contributed by atoms with Gasteiger partial charge in [-0.3, -0.25) is 0 Å². The van der Waals surface area contributed by atoms with Crippen LogP contribution in [0.3, 0.4) is 0 Å². The smallest absolute Gasteiger partial charge is 0.213 e. The van der Waals surface area contributed by atoms with Crippen molar-refractivity contribution in [2.24, 2.45) is 0 Å². The largest absolute Gasteiger partial charge is 0.474 e. The molecule has 1 aromatic rings. The van der Waals surface area contributed by atoms with Gasteiger partial charge in [0, 0.05) is 23.8 Å². The summed E-state index contributed by atoms with van der Waals surface area (Å²) in [5.41, 5.74) is 1.47. The van der Waals surface area contributed by atoms with Gasteiger partial charge in [0.15, 0.2) is 0 Å². The first-order valence-electron chi connectivity index (χ1n) is 7.24. The molecule has 1 aliphatic rings. The average molecular weight is 262 g/mol. The molecule has 0 aromatic carbocycles. The van der Waals surface area contributed by atoms with Crippen LogP contribution < -0.4 is 10.1 Å². The van der Waals surface area contributed by atoms with E-state index >= 15 is 0 Å². The molecule has 0 aliphatic heterocycles. The lowest BCUT2D eigenvalue weighted by molar-refractivity contribution is 0.0693. The van der Waals surface area contributed by atoms with Crippen LogP contribution in [0.4, 0.5) is 0 Å². The van der Waals surface area contributed by atoms with Crippen molar-refractivity contribution >= 4 is 0 Å². The van der Waals surface area contributed by atoms with E-state index in [9.17, 15) is 0 Å². The van der Waals surface area contributed by atoms with E-state index in [4.69, 9.17) is 4.74 Å². The summed E-state index contributed by atoms with van der Waals surface area (Å²) in [5.74, 6) is 1.28. The van der Waals surface area contributed by atoms with Gasteiger partial charge in [-0.15, -0.1) is 0 Å². The third-order valence-corrected chi connectivity index (χ3v) is 3.44. The molecule has 0 amide bonds. The first-order valence-corrected chi connectivity index (χ1v) is 7.24. The molecule has 1 heterocycles. The monoisotopic (exact) mass is 262 g/mol. The number of hydrogen-bond acceptors (Lipinski definition) is 3. The SMILES string of the molecule is CC(C)c1ccnc(O[C@H]2C[C@@H](NC(C)(C)C)C2)c1. The molecule has 1 aromatic heterocycles. The van der Waals surface area contributed by atoms with Crippen molar-refractivity contribution in [1.82, 2.24) is 10.3 Å². The molecule has 1 fully saturated rings. The van der Waals surface area contributed by atoms with Crippen LogP contribution in [0.15, 0.2) is 18.3 Å². The van der Waals surface area contributed by atoms with Crippen molar-refractivity contribution in [3.05, 3.63) is 23.9 Å². The Bertz CT molecular complexity index is 417. The van der Waals surface area contributed by atoms with Crippen molar-refractivity contribution in [2.45, 2.75) is 71.1 Å². The molecule has 2 rings (SSSR count). The zero-order valence-electron chi connectivity index (χ0n) is 12.7. The van der Waals surface area contributed by atoms with E-state index in [-0.39, 0.29) is 5.54 Å². The number of aromatic nitrogens is 1. The van der Waals surface area contributed by atoms with Gasteiger partial charge < -0.3 is 10.1 Å². The van der Waals surface area contributed by atoms with Crippen molar-refractivity contribution in [3.63, 3.8) is 0 Å². The highest BCUT2D eigenvalue weighted by Gasteiger charge is 2.33. The first kappa shape index (κ1) is 14.3. The Morgan fingerprint density at radius 1 is 1.32 bits per heavy atom. The summed E-state index contributed by atoms with van der Waals surface area (Å²) in [7, 11) is 0. The molecular weight excluding hydrogens is 236 g/mol. The van der Waals surface area contributed by atoms with Crippen molar-refractivity contribution < 1.29 is 4.74 Å². The van der Waals surface area contributed by atoms with Gasteiger partial charge >= 0.3 is 0 Å². The number of rotatable bonds is 4. The first-order chi connectivity index (χ1) is 8.83. The van der Waals surface area contributed by atoms with E-state index in [0.717, 1.165) is 18.7 Å². The highest BCUT2D eigenvalue weighted by Crippen LogP contribution is 2.27. The molecular formula is C16H26N2O. The van der Waals surface area contributed by atoms with E-state index in [1.165, 1.54) is 5.56 Å². The summed E-state index contributed by atoms with van der Waals surface area (Å²) < 4.78 is 5.93. The predicted octanol–water partition coefficient (Wildman–Crippen LogP) is 3.50. The maximum atomic E-state index is 5.93. The number of pyridine rings is 1. The molecule has 0 unspecified atom stereocenters. The topological polar surface area (TPSA) is 34.1 Å². The molecule has 3 heteroatoms. The van der Waals surface area contributed by atoms with Crippen LogP contribution in [0, 0.1) is 0 Å². The van der Waals surface area contributed by atoms with Crippen molar-refractivity contribution in [1.29, 1.82) is 0 Å². The molecule has 0 spiro atoms. The Balaban J connectivity index is 1.83. The molecule has 0 bridgehead atoms. The fourth-order valence-electron chi connectivity index (χ4n) is 2.41. The van der Waals surface area contributed by atoms with Gasteiger partial charge in [0.05, 0.1) is 0 Å². The molecule has 3 nitrogen and oxygen atoms in total. The molecule has 1 aliphatic carbocycles. The predicted molar refractivity (Wildman–Crippen MR) is 78.7 cm³/mol. The second-order valence-corrected chi connectivity index (χ2v) is 6.88. The zero-order valence-corrected chi connectivity index (χ0v) is 12.7. The number of ether oxygens (including phenoxy) is 1. The molecule has 1 N–H and O–H groups in total. The van der Waals surface area contributed by atoms with Crippen LogP contribution in [0.2, 0.25) is 0 Å². The minimum Gasteiger partial charge on any atom is -0.474 e. The molecule has 106 valence electrons. The van der Waals surface area contributed by atoms with Gasteiger partial charge in [-0.1, -0.05) is 13.8 Å². The van der Waals surface area contributed by atoms with Crippen LogP contribution in [0.25, 0.3) is 0 Å². The Kier molecular flexibility index (Phi) is 4.14. The van der Waals surface area contributed by atoms with Gasteiger partial charge in [-0.2, -0.15) is 0 Å². The summed E-state index contributed by atoms with van der Waals surface area (Å²) in [4.78, 5) is 4.30. The minimum atomic E-state index is 0.186. The fraction of sp³-hybridized carbons (Fsp3) is 0.688. The third kappa shape index (κ3) is 4.20. The highest BCUT2D eigenvalue weighted by atomic mass is 16.5. The lowest BCUT2D eigenvalue weighted by Gasteiger charge is -2.39. The molecule has 19 heavy (non-hydrogen) atoms. The maximum Gasteiger partial charge on any atom is 0.213 e. The van der Waals surface area contributed by atoms with E-state index in [0.29, 0.717) is 18.1 Å². The van der Waals surface area contributed by atoms with E-state index < -0.39 is 0 Å². The van der Waals surface area contributed by atoms with Crippen LogP contribution in [0.1, 0.15) is 58.9 Å². The summed E-state index contributed by atoms with van der Waals surface area (Å²) in [6.45, 7) is 11.0. The summed E-state index contributed by atoms with van der Waals surface area (Å²) in [6.07, 6.45) is 4.30. The van der Waals surface area contributed by atoms with Gasteiger partial charge in [0.25, 0.3) is 0 Å². The third-order valence-electron chi connectivity index (χ3n) is 3.44. The standard InChI is InChI=1S/C16H26N2O/c1-11(2)12-6-7-17-15(8-12)19-14-9-13(10-14)18-16(3,4)5/h6-8,11,13-14,18H,9-10H2,1-5H3/t13-,14+. The molecule has 0 atom stereocenters. The quantitative estimate of drug-likeness (QED) is 0.901. The second-order valence-electron chi connectivity index (χ2n) is 6.88. The summed E-state index contributed by atoms with van der Waals surface area (Å²) >= 11 is 0. The Labute approximate surface area is 116 Å². The lowest BCUT2D eigenvalue weighted by atomic mass is 9.87. The van der Waals surface area contributed by atoms with Gasteiger partial charge in [0.1, 0.15) is 6.10 Å². The van der Waals surface area contributed by atoms with Crippen LogP contribution in [0.5, 0.6) is 5.88 Å². The molecule has 0 radical (unpaired) electrons. The summed E-state index contributed by atoms with van der Waals surface area (Å²) in [5, 5.41) is 3.60. The maximum absolute atomic E-state index is 5.93. The van der Waals surface area contributed by atoms with Crippen LogP contribution >= 0.6 is 0 Å². The Morgan fingerprint density at radius 2 is 2.00 bits per heavy atom. The minimum absolute atomic E-state index is 0.186. The van der Waals surface area contributed by atoms with Crippen molar-refractivity contribution in [2.75, 3.05) is 0 Å². The Hall–Kier alpha value is -1.09. The number of hydrogen-bond donors (Lipinski definition) is 1. The normalized spacial score (nSPS) is 23.3. The van der Waals surface area contributed by atoms with Gasteiger partial charge in [0.2, 0.25) is 5.88 Å². The highest BCUT2D eigenvalue weighted by molar-refractivity contribution is 5.23. The fourth-order valence-corrected chi connectivity index (χ4v) is 2.41. The van der Waals surface area contributed by atoms with Crippen molar-refractivity contribution in [3.8, 4) is 5.88 Å². The average Bonchev–Trinajstić information content (AvgIpc) is 2.25. The zero-order chi connectivity index (χ0) is 14.0. The second kappa shape index (κ2) is 5.49. The van der Waals surface area contributed by atoms with E-state index in [2.05, 4.69) is 57.1 Å². The number of nitrogens with one attached hydrogen (secondary N) is 1. The van der Waals surface area contributed by atoms with Crippen LogP contribution in [-0.2, 0) is 0 Å². The van der Waals surface area contributed by atoms with Crippen LogP contribution in [-0.4, -0.2) is 22.7 Å².